The molecule has 2 heterocycles. The molecule has 0 radical (unpaired) electrons. The second-order valence-corrected chi connectivity index (χ2v) is 5.27. The van der Waals surface area contributed by atoms with Crippen molar-refractivity contribution < 1.29 is 4.42 Å². The van der Waals surface area contributed by atoms with Gasteiger partial charge in [0.15, 0.2) is 0 Å². The molecule has 0 amide bonds. The van der Waals surface area contributed by atoms with Gasteiger partial charge in [0.05, 0.1) is 6.04 Å². The molecule has 1 unspecified atom stereocenters. The lowest BCUT2D eigenvalue weighted by Gasteiger charge is -2.05. The van der Waals surface area contributed by atoms with Gasteiger partial charge in [0.25, 0.3) is 0 Å². The summed E-state index contributed by atoms with van der Waals surface area (Å²) in [6.45, 7) is 14.2. The lowest BCUT2D eigenvalue weighted by atomic mass is 10.0. The van der Waals surface area contributed by atoms with Crippen LogP contribution in [0.1, 0.15) is 70.9 Å². The third-order valence-electron chi connectivity index (χ3n) is 3.66. The fourth-order valence-electron chi connectivity index (χ4n) is 2.60. The highest BCUT2D eigenvalue weighted by atomic mass is 16.3. The van der Waals surface area contributed by atoms with Gasteiger partial charge in [-0.05, 0) is 43.5 Å². The molecular weight excluding hydrogens is 294 g/mol. The summed E-state index contributed by atoms with van der Waals surface area (Å²) in [5.41, 5.74) is 4.58. The minimum Gasteiger partial charge on any atom is -0.461 e. The van der Waals surface area contributed by atoms with Gasteiger partial charge in [-0.1, -0.05) is 58.9 Å². The first-order valence-electron chi connectivity index (χ1n) is 9.10. The van der Waals surface area contributed by atoms with Gasteiger partial charge in [-0.25, -0.2) is 0 Å². The number of hydrogen-bond acceptors (Lipinski definition) is 2. The standard InChI is InChI=1S/C18H19NO.2C2H6/c1-4-5-6-15-13(3)20-18-8-7-14(10-16(15)18)17-9-12(2)11-19-17;2*1-2/h5-11,17H,4H2,1-3H3;2*1-2H3/b6-5-;;. The Bertz CT molecular complexity index is 732. The fourth-order valence-corrected chi connectivity index (χ4v) is 2.60. The van der Waals surface area contributed by atoms with E-state index in [0.29, 0.717) is 0 Å². The maximum atomic E-state index is 5.83. The van der Waals surface area contributed by atoms with E-state index in [4.69, 9.17) is 4.42 Å². The van der Waals surface area contributed by atoms with Gasteiger partial charge in [-0.3, -0.25) is 4.99 Å². The van der Waals surface area contributed by atoms with Crippen molar-refractivity contribution >= 4 is 23.3 Å². The number of aryl methyl sites for hydroxylation is 1. The lowest BCUT2D eigenvalue weighted by molar-refractivity contribution is 0.577. The normalized spacial score (nSPS) is 15.8. The second-order valence-electron chi connectivity index (χ2n) is 5.27. The molecule has 1 aliphatic heterocycles. The van der Waals surface area contributed by atoms with Crippen molar-refractivity contribution in [3.8, 4) is 0 Å². The van der Waals surface area contributed by atoms with Crippen LogP contribution in [0.15, 0.2) is 45.3 Å². The third-order valence-corrected chi connectivity index (χ3v) is 3.66. The Morgan fingerprint density at radius 2 is 1.83 bits per heavy atom. The Hall–Kier alpha value is -2.09. The molecule has 0 bridgehead atoms. The summed E-state index contributed by atoms with van der Waals surface area (Å²) in [6, 6.07) is 6.52. The van der Waals surface area contributed by atoms with Crippen molar-refractivity contribution in [2.45, 2.75) is 60.9 Å². The van der Waals surface area contributed by atoms with E-state index < -0.39 is 0 Å². The molecule has 0 fully saturated rings. The molecule has 0 spiro atoms. The van der Waals surface area contributed by atoms with Gasteiger partial charge in [-0.15, -0.1) is 0 Å². The van der Waals surface area contributed by atoms with Gasteiger partial charge in [0, 0.05) is 17.2 Å². The Morgan fingerprint density at radius 1 is 1.12 bits per heavy atom. The first kappa shape index (κ1) is 20.0. The van der Waals surface area contributed by atoms with Crippen LogP contribution in [0.5, 0.6) is 0 Å². The number of hydrogen-bond donors (Lipinski definition) is 0. The predicted molar refractivity (Wildman–Crippen MR) is 108 cm³/mol. The van der Waals surface area contributed by atoms with Crippen molar-refractivity contribution in [2.24, 2.45) is 4.99 Å². The molecule has 3 rings (SSSR count). The van der Waals surface area contributed by atoms with Crippen molar-refractivity contribution in [3.63, 3.8) is 0 Å². The largest absolute Gasteiger partial charge is 0.461 e. The topological polar surface area (TPSA) is 25.5 Å². The average Bonchev–Trinajstić information content (AvgIpc) is 3.19. The van der Waals surface area contributed by atoms with Crippen LogP contribution >= 0.6 is 0 Å². The highest BCUT2D eigenvalue weighted by Crippen LogP contribution is 2.32. The zero-order chi connectivity index (χ0) is 18.1. The number of aliphatic imine (C=N–C) groups is 1. The van der Waals surface area contributed by atoms with Crippen LogP contribution < -0.4 is 0 Å². The van der Waals surface area contributed by atoms with Gasteiger partial charge >= 0.3 is 0 Å². The second kappa shape index (κ2) is 9.92. The Labute approximate surface area is 147 Å². The molecular formula is C22H31NO. The van der Waals surface area contributed by atoms with Crippen molar-refractivity contribution in [1.82, 2.24) is 0 Å². The van der Waals surface area contributed by atoms with Crippen LogP contribution in [0.4, 0.5) is 0 Å². The van der Waals surface area contributed by atoms with Crippen LogP contribution in [0.3, 0.4) is 0 Å². The van der Waals surface area contributed by atoms with Crippen LogP contribution in [-0.4, -0.2) is 6.21 Å². The van der Waals surface area contributed by atoms with Gasteiger partial charge in [-0.2, -0.15) is 0 Å². The number of fused-ring (bicyclic) bond motifs is 1. The number of rotatable bonds is 3. The first-order valence-corrected chi connectivity index (χ1v) is 9.10. The summed E-state index contributed by atoms with van der Waals surface area (Å²) in [4.78, 5) is 4.53. The molecule has 0 N–H and O–H groups in total. The van der Waals surface area contributed by atoms with Gasteiger partial charge in [0.1, 0.15) is 11.3 Å². The van der Waals surface area contributed by atoms with E-state index >= 15 is 0 Å². The molecule has 130 valence electrons. The minimum absolute atomic E-state index is 0.151. The molecule has 1 atom stereocenters. The molecule has 0 saturated carbocycles. The van der Waals surface area contributed by atoms with Crippen LogP contribution in [-0.2, 0) is 0 Å². The highest BCUT2D eigenvalue weighted by Gasteiger charge is 2.14. The molecule has 1 aliphatic rings. The summed E-state index contributed by atoms with van der Waals surface area (Å²) in [7, 11) is 0. The Kier molecular flexibility index (Phi) is 8.25. The molecule has 2 nitrogen and oxygen atoms in total. The van der Waals surface area contributed by atoms with Crippen LogP contribution in [0, 0.1) is 6.92 Å². The van der Waals surface area contributed by atoms with Gasteiger partial charge < -0.3 is 4.42 Å². The highest BCUT2D eigenvalue weighted by molar-refractivity contribution is 5.89. The maximum absolute atomic E-state index is 5.83. The van der Waals surface area contributed by atoms with E-state index in [-0.39, 0.29) is 6.04 Å². The summed E-state index contributed by atoms with van der Waals surface area (Å²) in [6.07, 6.45) is 9.48. The van der Waals surface area contributed by atoms with E-state index in [1.807, 2.05) is 40.8 Å². The molecule has 2 heteroatoms. The predicted octanol–water partition coefficient (Wildman–Crippen LogP) is 7.29. The molecule has 2 aromatic rings. The minimum atomic E-state index is 0.151. The summed E-state index contributed by atoms with van der Waals surface area (Å²) in [5, 5.41) is 1.18. The van der Waals surface area contributed by atoms with Crippen LogP contribution in [0.2, 0.25) is 0 Å². The average molecular weight is 325 g/mol. The summed E-state index contributed by atoms with van der Waals surface area (Å²) < 4.78 is 5.83. The van der Waals surface area contributed by atoms with E-state index in [2.05, 4.69) is 55.3 Å². The van der Waals surface area contributed by atoms with Crippen molar-refractivity contribution in [2.75, 3.05) is 0 Å². The number of allylic oxidation sites excluding steroid dienone is 2. The number of furan rings is 1. The van der Waals surface area contributed by atoms with Crippen molar-refractivity contribution in [3.05, 3.63) is 52.8 Å². The van der Waals surface area contributed by atoms with E-state index in [1.54, 1.807) is 0 Å². The van der Waals surface area contributed by atoms with Crippen LogP contribution in [0.25, 0.3) is 17.0 Å². The zero-order valence-corrected chi connectivity index (χ0v) is 16.2. The maximum Gasteiger partial charge on any atom is 0.134 e. The zero-order valence-electron chi connectivity index (χ0n) is 16.2. The summed E-state index contributed by atoms with van der Waals surface area (Å²) >= 11 is 0. The van der Waals surface area contributed by atoms with E-state index in [9.17, 15) is 0 Å². The third kappa shape index (κ3) is 4.47. The molecule has 24 heavy (non-hydrogen) atoms. The molecule has 1 aromatic carbocycles. The molecule has 0 aliphatic carbocycles. The molecule has 0 saturated heterocycles. The first-order chi connectivity index (χ1) is 11.7. The van der Waals surface area contributed by atoms with Crippen molar-refractivity contribution in [1.29, 1.82) is 0 Å². The lowest BCUT2D eigenvalue weighted by Crippen LogP contribution is -1.88. The fraction of sp³-hybridized carbons (Fsp3) is 0.409. The number of benzene rings is 1. The Morgan fingerprint density at radius 3 is 2.42 bits per heavy atom. The number of nitrogens with zero attached hydrogens (tertiary/aromatic N) is 1. The Balaban J connectivity index is 0.000000671. The van der Waals surface area contributed by atoms with E-state index in [1.165, 1.54) is 22.1 Å². The molecule has 1 aromatic heterocycles. The monoisotopic (exact) mass is 325 g/mol. The quantitative estimate of drug-likeness (QED) is 0.581. The van der Waals surface area contributed by atoms with Gasteiger partial charge in [0.2, 0.25) is 0 Å². The summed E-state index contributed by atoms with van der Waals surface area (Å²) in [5.74, 6) is 0.975. The van der Waals surface area contributed by atoms with E-state index in [0.717, 1.165) is 17.8 Å². The smallest absolute Gasteiger partial charge is 0.134 e. The SMILES string of the molecule is CC.CC.CC/C=C\c1c(C)oc2ccc(C3C=C(C)C=N3)cc12.